The molecule has 4 rings (SSSR count). The number of rotatable bonds is 3. The Bertz CT molecular complexity index is 693. The van der Waals surface area contributed by atoms with E-state index in [0.29, 0.717) is 24.3 Å². The summed E-state index contributed by atoms with van der Waals surface area (Å²) in [7, 11) is 0. The fraction of sp³-hybridized carbons (Fsp3) is 0.667. The van der Waals surface area contributed by atoms with Gasteiger partial charge >= 0.3 is 0 Å². The summed E-state index contributed by atoms with van der Waals surface area (Å²) in [5, 5.41) is 6.50. The Morgan fingerprint density at radius 1 is 1.19 bits per heavy atom. The van der Waals surface area contributed by atoms with Gasteiger partial charge in [-0.05, 0) is 57.1 Å². The molecule has 1 aliphatic carbocycles. The Kier molecular flexibility index (Phi) is 5.43. The van der Waals surface area contributed by atoms with Crippen LogP contribution in [0.4, 0.5) is 5.82 Å². The molecule has 2 aliphatic heterocycles. The summed E-state index contributed by atoms with van der Waals surface area (Å²) >= 11 is 0. The zero-order valence-electron chi connectivity index (χ0n) is 16.1. The molecule has 2 amide bonds. The Labute approximate surface area is 161 Å². The number of pyridine rings is 1. The van der Waals surface area contributed by atoms with Crippen molar-refractivity contribution in [2.24, 2.45) is 11.8 Å². The minimum atomic E-state index is -0.159. The van der Waals surface area contributed by atoms with Gasteiger partial charge in [0, 0.05) is 24.8 Å². The molecule has 3 fully saturated rings. The number of hydrogen-bond acceptors (Lipinski definition) is 4. The zero-order valence-corrected chi connectivity index (χ0v) is 16.1. The lowest BCUT2D eigenvalue weighted by atomic mass is 9.85. The van der Waals surface area contributed by atoms with E-state index in [1.165, 1.54) is 25.7 Å². The van der Waals surface area contributed by atoms with Gasteiger partial charge in [0.1, 0.15) is 5.82 Å². The lowest BCUT2D eigenvalue weighted by molar-refractivity contribution is -0.136. The molecule has 6 heteroatoms. The number of carbonyl (C=O) groups is 2. The molecular formula is C21H30N4O2. The molecule has 0 bridgehead atoms. The van der Waals surface area contributed by atoms with Crippen LogP contribution in [0.2, 0.25) is 0 Å². The molecule has 1 saturated carbocycles. The molecule has 3 aliphatic rings. The zero-order chi connectivity index (χ0) is 18.8. The van der Waals surface area contributed by atoms with Crippen molar-refractivity contribution in [3.63, 3.8) is 0 Å². The average Bonchev–Trinajstić information content (AvgIpc) is 3.12. The second-order valence-electron chi connectivity index (χ2n) is 8.38. The highest BCUT2D eigenvalue weighted by Crippen LogP contribution is 2.34. The molecule has 0 aromatic carbocycles. The minimum Gasteiger partial charge on any atom is -0.341 e. The van der Waals surface area contributed by atoms with Crippen molar-refractivity contribution < 1.29 is 9.59 Å². The van der Waals surface area contributed by atoms with Crippen LogP contribution in [0.1, 0.15) is 50.6 Å². The van der Waals surface area contributed by atoms with Crippen LogP contribution >= 0.6 is 0 Å². The van der Waals surface area contributed by atoms with E-state index in [0.717, 1.165) is 31.5 Å². The molecule has 0 radical (unpaired) electrons. The molecule has 2 N–H and O–H groups in total. The van der Waals surface area contributed by atoms with Crippen LogP contribution in [-0.4, -0.2) is 46.9 Å². The highest BCUT2D eigenvalue weighted by Gasteiger charge is 2.40. The number of amides is 2. The molecule has 3 heterocycles. The largest absolute Gasteiger partial charge is 0.341 e. The van der Waals surface area contributed by atoms with Crippen molar-refractivity contribution in [1.82, 2.24) is 15.2 Å². The summed E-state index contributed by atoms with van der Waals surface area (Å²) in [6.45, 7) is 3.19. The number of piperidine rings is 1. The average molecular weight is 370 g/mol. The van der Waals surface area contributed by atoms with Crippen molar-refractivity contribution in [3.05, 3.63) is 23.9 Å². The maximum Gasteiger partial charge on any atom is 0.239 e. The topological polar surface area (TPSA) is 74.3 Å². The standard InChI is InChI=1S/C21H30N4O2/c1-14-6-4-10-19(22-14)24-20(26)16-8-5-11-25(13-16)21(27)18-12-15-7-2-3-9-17(15)23-18/h4,6,10,15-18,23H,2-3,5,7-9,11-13H2,1H3,(H,22,24,26). The van der Waals surface area contributed by atoms with Gasteiger partial charge in [0.2, 0.25) is 11.8 Å². The maximum atomic E-state index is 13.0. The third-order valence-corrected chi connectivity index (χ3v) is 6.40. The van der Waals surface area contributed by atoms with Crippen LogP contribution in [0.25, 0.3) is 0 Å². The van der Waals surface area contributed by atoms with Crippen LogP contribution in [-0.2, 0) is 9.59 Å². The van der Waals surface area contributed by atoms with Crippen LogP contribution in [0.5, 0.6) is 0 Å². The number of aromatic nitrogens is 1. The Morgan fingerprint density at radius 2 is 2.04 bits per heavy atom. The number of hydrogen-bond donors (Lipinski definition) is 2. The number of anilines is 1. The van der Waals surface area contributed by atoms with Gasteiger partial charge in [-0.25, -0.2) is 4.98 Å². The number of likely N-dealkylation sites (tertiary alicyclic amines) is 1. The van der Waals surface area contributed by atoms with Gasteiger partial charge in [-0.1, -0.05) is 18.9 Å². The first-order chi connectivity index (χ1) is 13.1. The first-order valence-corrected chi connectivity index (χ1v) is 10.4. The SMILES string of the molecule is Cc1cccc(NC(=O)C2CCCN(C(=O)C3CC4CCCCC4N3)C2)n1. The third kappa shape index (κ3) is 4.15. The lowest BCUT2D eigenvalue weighted by Crippen LogP contribution is -2.50. The van der Waals surface area contributed by atoms with Crippen molar-refractivity contribution in [3.8, 4) is 0 Å². The van der Waals surface area contributed by atoms with E-state index < -0.39 is 0 Å². The van der Waals surface area contributed by atoms with Gasteiger partial charge in [-0.2, -0.15) is 0 Å². The molecule has 2 saturated heterocycles. The Morgan fingerprint density at radius 3 is 2.85 bits per heavy atom. The summed E-state index contributed by atoms with van der Waals surface area (Å²) in [6, 6.07) is 6.06. The second-order valence-corrected chi connectivity index (χ2v) is 8.38. The van der Waals surface area contributed by atoms with Crippen molar-refractivity contribution >= 4 is 17.6 Å². The lowest BCUT2D eigenvalue weighted by Gasteiger charge is -2.33. The van der Waals surface area contributed by atoms with Crippen LogP contribution in [0, 0.1) is 18.8 Å². The molecule has 27 heavy (non-hydrogen) atoms. The smallest absolute Gasteiger partial charge is 0.239 e. The van der Waals surface area contributed by atoms with E-state index in [1.807, 2.05) is 24.0 Å². The number of fused-ring (bicyclic) bond motifs is 1. The van der Waals surface area contributed by atoms with Crippen LogP contribution in [0.15, 0.2) is 18.2 Å². The highest BCUT2D eigenvalue weighted by molar-refractivity contribution is 5.92. The van der Waals surface area contributed by atoms with Crippen LogP contribution in [0.3, 0.4) is 0 Å². The van der Waals surface area contributed by atoms with Gasteiger partial charge in [-0.15, -0.1) is 0 Å². The Hall–Kier alpha value is -1.95. The normalized spacial score (nSPS) is 30.6. The van der Waals surface area contributed by atoms with E-state index in [4.69, 9.17) is 0 Å². The predicted molar refractivity (Wildman–Crippen MR) is 104 cm³/mol. The Balaban J connectivity index is 1.35. The molecule has 4 atom stereocenters. The summed E-state index contributed by atoms with van der Waals surface area (Å²) < 4.78 is 0. The fourth-order valence-electron chi connectivity index (χ4n) is 4.96. The van der Waals surface area contributed by atoms with Crippen molar-refractivity contribution in [2.45, 2.75) is 64.0 Å². The summed E-state index contributed by atoms with van der Waals surface area (Å²) in [5.74, 6) is 1.25. The molecule has 1 aromatic rings. The molecule has 1 aromatic heterocycles. The first-order valence-electron chi connectivity index (χ1n) is 10.4. The minimum absolute atomic E-state index is 0.0290. The summed E-state index contributed by atoms with van der Waals surface area (Å²) in [6.07, 6.45) is 7.68. The molecule has 4 unspecified atom stereocenters. The second kappa shape index (κ2) is 7.97. The van der Waals surface area contributed by atoms with Gasteiger partial charge in [-0.3, -0.25) is 9.59 Å². The number of carbonyl (C=O) groups excluding carboxylic acids is 2. The van der Waals surface area contributed by atoms with E-state index in [9.17, 15) is 9.59 Å². The summed E-state index contributed by atoms with van der Waals surface area (Å²) in [4.78, 5) is 32.0. The molecule has 6 nitrogen and oxygen atoms in total. The molecular weight excluding hydrogens is 340 g/mol. The van der Waals surface area contributed by atoms with Crippen molar-refractivity contribution in [1.29, 1.82) is 0 Å². The fourth-order valence-corrected chi connectivity index (χ4v) is 4.96. The quantitative estimate of drug-likeness (QED) is 0.857. The number of nitrogens with one attached hydrogen (secondary N) is 2. The predicted octanol–water partition coefficient (Wildman–Crippen LogP) is 2.49. The van der Waals surface area contributed by atoms with E-state index in [1.54, 1.807) is 6.07 Å². The van der Waals surface area contributed by atoms with Gasteiger partial charge in [0.25, 0.3) is 0 Å². The van der Waals surface area contributed by atoms with Crippen LogP contribution < -0.4 is 10.6 Å². The third-order valence-electron chi connectivity index (χ3n) is 6.40. The highest BCUT2D eigenvalue weighted by atomic mass is 16.2. The monoisotopic (exact) mass is 370 g/mol. The number of nitrogens with zero attached hydrogens (tertiary/aromatic N) is 2. The van der Waals surface area contributed by atoms with E-state index in [-0.39, 0.29) is 23.8 Å². The molecule has 146 valence electrons. The van der Waals surface area contributed by atoms with E-state index in [2.05, 4.69) is 15.6 Å². The van der Waals surface area contributed by atoms with Gasteiger partial charge in [0.15, 0.2) is 0 Å². The van der Waals surface area contributed by atoms with E-state index >= 15 is 0 Å². The van der Waals surface area contributed by atoms with Gasteiger partial charge in [0.05, 0.1) is 12.0 Å². The first kappa shape index (κ1) is 18.4. The number of aryl methyl sites for hydroxylation is 1. The van der Waals surface area contributed by atoms with Crippen molar-refractivity contribution in [2.75, 3.05) is 18.4 Å². The molecule has 0 spiro atoms. The summed E-state index contributed by atoms with van der Waals surface area (Å²) in [5.41, 5.74) is 0.877. The maximum absolute atomic E-state index is 13.0. The van der Waals surface area contributed by atoms with Gasteiger partial charge < -0.3 is 15.5 Å².